The second kappa shape index (κ2) is 11.6. The summed E-state index contributed by atoms with van der Waals surface area (Å²) in [5, 5.41) is 29.0. The molecule has 1 aliphatic carbocycles. The van der Waals surface area contributed by atoms with Crippen LogP contribution in [0.25, 0.3) is 0 Å². The molecule has 1 fully saturated rings. The summed E-state index contributed by atoms with van der Waals surface area (Å²) in [5.41, 5.74) is 0.766. The number of unbranched alkanes of at least 4 members (excludes halogenated alkanes) is 2. The predicted octanol–water partition coefficient (Wildman–Crippen LogP) is 3.25. The number of rotatable bonds is 12. The standard InChI is InChI=1S/C22H32O6S/c1-14(23)13-29-21-18(19(24)12-20(21)25)7-5-3-4-6-17(22(26)27)15-8-10-16(28-2)11-9-15/h8-11,14,17-18,20-21,23,25H,3-7,12-13H2,1-2H3,(H,26,27)/t14?,17?,18-,20?,21+/m0/s1. The molecule has 0 bridgehead atoms. The first-order valence-corrected chi connectivity index (χ1v) is 11.3. The molecule has 162 valence electrons. The Morgan fingerprint density at radius 3 is 2.52 bits per heavy atom. The Kier molecular flexibility index (Phi) is 9.46. The molecule has 5 atom stereocenters. The van der Waals surface area contributed by atoms with Gasteiger partial charge < -0.3 is 20.1 Å². The number of carboxylic acid groups (broad SMARTS) is 1. The quantitative estimate of drug-likeness (QED) is 0.443. The maximum atomic E-state index is 12.2. The molecule has 7 heteroatoms. The van der Waals surface area contributed by atoms with E-state index in [4.69, 9.17) is 4.74 Å². The number of hydrogen-bond donors (Lipinski definition) is 3. The number of ether oxygens (including phenoxy) is 1. The van der Waals surface area contributed by atoms with Gasteiger partial charge in [-0.2, -0.15) is 11.8 Å². The van der Waals surface area contributed by atoms with Crippen LogP contribution in [-0.2, 0) is 9.59 Å². The molecule has 3 N–H and O–H groups in total. The molecular weight excluding hydrogens is 392 g/mol. The number of aliphatic hydroxyl groups is 2. The van der Waals surface area contributed by atoms with Gasteiger partial charge in [-0.25, -0.2) is 0 Å². The average Bonchev–Trinajstić information content (AvgIpc) is 2.95. The lowest BCUT2D eigenvalue weighted by Crippen LogP contribution is -2.25. The third kappa shape index (κ3) is 7.01. The van der Waals surface area contributed by atoms with Crippen molar-refractivity contribution in [2.45, 2.75) is 68.8 Å². The molecule has 29 heavy (non-hydrogen) atoms. The van der Waals surface area contributed by atoms with E-state index in [-0.39, 0.29) is 23.4 Å². The van der Waals surface area contributed by atoms with Crippen molar-refractivity contribution in [1.82, 2.24) is 0 Å². The first-order valence-electron chi connectivity index (χ1n) is 10.2. The van der Waals surface area contributed by atoms with E-state index in [0.29, 0.717) is 24.3 Å². The highest BCUT2D eigenvalue weighted by Gasteiger charge is 2.41. The van der Waals surface area contributed by atoms with Crippen LogP contribution in [0.15, 0.2) is 24.3 Å². The van der Waals surface area contributed by atoms with Gasteiger partial charge in [-0.05, 0) is 37.5 Å². The molecule has 0 radical (unpaired) electrons. The number of carbonyl (C=O) groups is 2. The van der Waals surface area contributed by atoms with Gasteiger partial charge in [0.2, 0.25) is 0 Å². The minimum Gasteiger partial charge on any atom is -0.497 e. The fourth-order valence-electron chi connectivity index (χ4n) is 3.89. The van der Waals surface area contributed by atoms with Gasteiger partial charge in [-0.3, -0.25) is 9.59 Å². The van der Waals surface area contributed by atoms with Crippen molar-refractivity contribution >= 4 is 23.5 Å². The van der Waals surface area contributed by atoms with Gasteiger partial charge in [0.1, 0.15) is 11.5 Å². The van der Waals surface area contributed by atoms with Crippen molar-refractivity contribution in [1.29, 1.82) is 0 Å². The van der Waals surface area contributed by atoms with Gasteiger partial charge in [0.15, 0.2) is 0 Å². The van der Waals surface area contributed by atoms with Gasteiger partial charge in [0.05, 0.1) is 25.2 Å². The lowest BCUT2D eigenvalue weighted by Gasteiger charge is -2.21. The maximum absolute atomic E-state index is 12.2. The number of carboxylic acids is 1. The second-order valence-corrected chi connectivity index (χ2v) is 9.00. The molecular formula is C22H32O6S. The zero-order valence-electron chi connectivity index (χ0n) is 17.1. The van der Waals surface area contributed by atoms with Crippen LogP contribution in [0.1, 0.15) is 56.9 Å². The zero-order chi connectivity index (χ0) is 21.4. The smallest absolute Gasteiger partial charge is 0.310 e. The van der Waals surface area contributed by atoms with E-state index in [9.17, 15) is 24.9 Å². The number of thioether (sulfide) groups is 1. The van der Waals surface area contributed by atoms with E-state index >= 15 is 0 Å². The predicted molar refractivity (Wildman–Crippen MR) is 114 cm³/mol. The molecule has 6 nitrogen and oxygen atoms in total. The van der Waals surface area contributed by atoms with Crippen molar-refractivity contribution in [2.75, 3.05) is 12.9 Å². The molecule has 0 aliphatic heterocycles. The largest absolute Gasteiger partial charge is 0.497 e. The summed E-state index contributed by atoms with van der Waals surface area (Å²) < 4.78 is 5.12. The molecule has 1 aliphatic rings. The topological polar surface area (TPSA) is 104 Å². The van der Waals surface area contributed by atoms with E-state index in [2.05, 4.69) is 0 Å². The number of methoxy groups -OCH3 is 1. The molecule has 0 aromatic heterocycles. The second-order valence-electron chi connectivity index (χ2n) is 7.79. The first kappa shape index (κ1) is 23.7. The molecule has 3 unspecified atom stereocenters. The van der Waals surface area contributed by atoms with Gasteiger partial charge in [0, 0.05) is 23.3 Å². The molecule has 1 saturated carbocycles. The molecule has 0 saturated heterocycles. The highest BCUT2D eigenvalue weighted by Crippen LogP contribution is 2.36. The normalized spacial score (nSPS) is 23.7. The number of aliphatic hydroxyl groups excluding tert-OH is 2. The number of carbonyl (C=O) groups excluding carboxylic acids is 1. The molecule has 0 spiro atoms. The Balaban J connectivity index is 1.80. The van der Waals surface area contributed by atoms with Crippen LogP contribution in [0, 0.1) is 5.92 Å². The van der Waals surface area contributed by atoms with Crippen molar-refractivity contribution < 1.29 is 29.6 Å². The van der Waals surface area contributed by atoms with E-state index in [0.717, 1.165) is 24.8 Å². The fraction of sp³-hybridized carbons (Fsp3) is 0.636. The average molecular weight is 425 g/mol. The van der Waals surface area contributed by atoms with Gasteiger partial charge in [0.25, 0.3) is 0 Å². The van der Waals surface area contributed by atoms with Crippen molar-refractivity contribution in [3.8, 4) is 5.75 Å². The number of benzene rings is 1. The summed E-state index contributed by atoms with van der Waals surface area (Å²) in [6, 6.07) is 7.13. The lowest BCUT2D eigenvalue weighted by atomic mass is 9.92. The van der Waals surface area contributed by atoms with Crippen LogP contribution in [0.3, 0.4) is 0 Å². The Labute approximate surface area is 176 Å². The maximum Gasteiger partial charge on any atom is 0.310 e. The van der Waals surface area contributed by atoms with Gasteiger partial charge in [-0.1, -0.05) is 31.4 Å². The number of aliphatic carboxylic acids is 1. The summed E-state index contributed by atoms with van der Waals surface area (Å²) in [6.45, 7) is 1.70. The van der Waals surface area contributed by atoms with E-state index in [1.807, 2.05) is 0 Å². The van der Waals surface area contributed by atoms with Crippen molar-refractivity contribution in [3.63, 3.8) is 0 Å². The Morgan fingerprint density at radius 2 is 1.93 bits per heavy atom. The highest BCUT2D eigenvalue weighted by atomic mass is 32.2. The SMILES string of the molecule is COc1ccc(C(CCCCC[C@H]2C(=O)CC(O)[C@@H]2SCC(C)O)C(=O)O)cc1. The summed E-state index contributed by atoms with van der Waals surface area (Å²) in [6.07, 6.45) is 2.77. The summed E-state index contributed by atoms with van der Waals surface area (Å²) in [4.78, 5) is 23.9. The summed E-state index contributed by atoms with van der Waals surface area (Å²) in [5.74, 6) is -0.255. The third-order valence-electron chi connectivity index (χ3n) is 5.45. The van der Waals surface area contributed by atoms with Crippen LogP contribution < -0.4 is 4.74 Å². The Bertz CT molecular complexity index is 660. The van der Waals surface area contributed by atoms with Crippen molar-refractivity contribution in [2.24, 2.45) is 5.92 Å². The molecule has 0 amide bonds. The highest BCUT2D eigenvalue weighted by molar-refractivity contribution is 8.00. The molecule has 1 aromatic rings. The zero-order valence-corrected chi connectivity index (χ0v) is 17.9. The Morgan fingerprint density at radius 1 is 1.24 bits per heavy atom. The first-order chi connectivity index (χ1) is 13.8. The number of hydrogen-bond acceptors (Lipinski definition) is 6. The van der Waals surface area contributed by atoms with Gasteiger partial charge in [-0.15, -0.1) is 0 Å². The van der Waals surface area contributed by atoms with Gasteiger partial charge >= 0.3 is 5.97 Å². The molecule has 2 rings (SSSR count). The number of Topliss-reactive ketones (excluding diaryl/α,β-unsaturated/α-hetero) is 1. The van der Waals surface area contributed by atoms with E-state index in [1.165, 1.54) is 11.8 Å². The minimum atomic E-state index is -0.834. The number of ketones is 1. The molecule has 0 heterocycles. The third-order valence-corrected chi connectivity index (χ3v) is 7.16. The summed E-state index contributed by atoms with van der Waals surface area (Å²) >= 11 is 1.48. The monoisotopic (exact) mass is 424 g/mol. The van der Waals surface area contributed by atoms with Crippen LogP contribution in [0.4, 0.5) is 0 Å². The minimum absolute atomic E-state index is 0.0993. The van der Waals surface area contributed by atoms with E-state index < -0.39 is 24.1 Å². The fourth-order valence-corrected chi connectivity index (χ4v) is 5.23. The van der Waals surface area contributed by atoms with E-state index in [1.54, 1.807) is 38.3 Å². The van der Waals surface area contributed by atoms with Crippen LogP contribution >= 0.6 is 11.8 Å². The van der Waals surface area contributed by atoms with Crippen LogP contribution in [-0.4, -0.2) is 57.4 Å². The summed E-state index contributed by atoms with van der Waals surface area (Å²) in [7, 11) is 1.57. The van der Waals surface area contributed by atoms with Crippen LogP contribution in [0.5, 0.6) is 5.75 Å². The van der Waals surface area contributed by atoms with Crippen molar-refractivity contribution in [3.05, 3.63) is 29.8 Å². The Hall–Kier alpha value is -1.57. The van der Waals surface area contributed by atoms with Crippen LogP contribution in [0.2, 0.25) is 0 Å². The molecule has 1 aromatic carbocycles. The lowest BCUT2D eigenvalue weighted by molar-refractivity contribution is -0.139.